The maximum absolute atomic E-state index is 12.5. The summed E-state index contributed by atoms with van der Waals surface area (Å²) in [6, 6.07) is 6.51. The summed E-state index contributed by atoms with van der Waals surface area (Å²) in [7, 11) is 0. The van der Waals surface area contributed by atoms with Crippen LogP contribution in [-0.2, 0) is 9.59 Å². The molecule has 0 bridgehead atoms. The molecule has 0 unspecified atom stereocenters. The second-order valence-electron chi connectivity index (χ2n) is 7.56. The van der Waals surface area contributed by atoms with Gasteiger partial charge in [0.25, 0.3) is 0 Å². The van der Waals surface area contributed by atoms with Crippen molar-refractivity contribution in [3.63, 3.8) is 0 Å². The molecule has 160 valence electrons. The van der Waals surface area contributed by atoms with E-state index in [1.54, 1.807) is 18.2 Å². The first-order valence-corrected chi connectivity index (χ1v) is 11.3. The molecule has 1 amide bonds. The molecule has 1 aliphatic carbocycles. The highest BCUT2D eigenvalue weighted by Gasteiger charge is 2.51. The van der Waals surface area contributed by atoms with Crippen LogP contribution in [0.25, 0.3) is 0 Å². The van der Waals surface area contributed by atoms with E-state index in [9.17, 15) is 19.8 Å². The number of hydrogen-bond acceptors (Lipinski definition) is 4. The Morgan fingerprint density at radius 1 is 1.17 bits per heavy atom. The number of carbonyl (C=O) groups excluding carboxylic acids is 1. The summed E-state index contributed by atoms with van der Waals surface area (Å²) in [6.45, 7) is 3.87. The van der Waals surface area contributed by atoms with Gasteiger partial charge in [-0.2, -0.15) is 0 Å². The number of phenolic OH excluding ortho intramolecular Hbond substituents is 1. The van der Waals surface area contributed by atoms with Gasteiger partial charge in [0.2, 0.25) is 5.91 Å². The minimum absolute atomic E-state index is 0.0264. The Balaban J connectivity index is 1.86. The quantitative estimate of drug-likeness (QED) is 0.342. The van der Waals surface area contributed by atoms with Crippen LogP contribution in [0, 0.1) is 5.41 Å². The van der Waals surface area contributed by atoms with Gasteiger partial charge in [-0.25, -0.2) is 0 Å². The lowest BCUT2D eigenvalue weighted by molar-refractivity contribution is -0.159. The van der Waals surface area contributed by atoms with Crippen LogP contribution in [0.3, 0.4) is 0 Å². The van der Waals surface area contributed by atoms with E-state index >= 15 is 0 Å². The fourth-order valence-corrected chi connectivity index (χ4v) is 4.82. The first-order valence-electron chi connectivity index (χ1n) is 9.29. The van der Waals surface area contributed by atoms with E-state index in [-0.39, 0.29) is 16.7 Å². The van der Waals surface area contributed by atoms with Crippen LogP contribution in [0.15, 0.2) is 33.2 Å². The van der Waals surface area contributed by atoms with Crippen molar-refractivity contribution in [3.8, 4) is 17.2 Å². The molecule has 1 fully saturated rings. The summed E-state index contributed by atoms with van der Waals surface area (Å²) >= 11 is 13.0. The van der Waals surface area contributed by atoms with Gasteiger partial charge in [-0.3, -0.25) is 9.59 Å². The highest BCUT2D eigenvalue weighted by Crippen LogP contribution is 2.45. The SMILES string of the molecule is CC(C)c1cc(Oc2c(Br)cc(NC(=O)C3(C(=O)O)CCC3)cc2Br)cc(Cl)c1O. The Morgan fingerprint density at radius 3 is 2.23 bits per heavy atom. The summed E-state index contributed by atoms with van der Waals surface area (Å²) in [4.78, 5) is 24.1. The zero-order valence-electron chi connectivity index (χ0n) is 16.3. The number of hydrogen-bond donors (Lipinski definition) is 3. The van der Waals surface area contributed by atoms with Gasteiger partial charge in [0.1, 0.15) is 16.9 Å². The second-order valence-corrected chi connectivity index (χ2v) is 9.68. The van der Waals surface area contributed by atoms with Gasteiger partial charge in [-0.1, -0.05) is 31.9 Å². The van der Waals surface area contributed by atoms with E-state index in [2.05, 4.69) is 37.2 Å². The second kappa shape index (κ2) is 8.77. The van der Waals surface area contributed by atoms with E-state index < -0.39 is 17.3 Å². The van der Waals surface area contributed by atoms with Crippen LogP contribution in [0.4, 0.5) is 5.69 Å². The predicted octanol–water partition coefficient (Wildman–Crippen LogP) is 6.68. The lowest BCUT2D eigenvalue weighted by Crippen LogP contribution is -2.48. The summed E-state index contributed by atoms with van der Waals surface area (Å²) < 4.78 is 7.05. The van der Waals surface area contributed by atoms with Crippen molar-refractivity contribution in [1.82, 2.24) is 0 Å². The largest absolute Gasteiger partial charge is 0.506 e. The molecular weight excluding hydrogens is 541 g/mol. The number of nitrogens with one attached hydrogen (secondary N) is 1. The Morgan fingerprint density at radius 2 is 1.77 bits per heavy atom. The molecular formula is C21H20Br2ClNO5. The van der Waals surface area contributed by atoms with Gasteiger partial charge in [-0.15, -0.1) is 0 Å². The number of halogens is 3. The number of phenols is 1. The van der Waals surface area contributed by atoms with Gasteiger partial charge >= 0.3 is 5.97 Å². The number of aliphatic carboxylic acids is 1. The van der Waals surface area contributed by atoms with Gasteiger partial charge in [-0.05, 0) is 68.8 Å². The van der Waals surface area contributed by atoms with Crippen molar-refractivity contribution < 1.29 is 24.5 Å². The molecule has 2 aromatic rings. The van der Waals surface area contributed by atoms with E-state index in [1.807, 2.05) is 13.8 Å². The number of benzene rings is 2. The Hall–Kier alpha value is -1.77. The lowest BCUT2D eigenvalue weighted by atomic mass is 9.68. The number of carboxylic acids is 1. The first kappa shape index (κ1) is 22.9. The van der Waals surface area contributed by atoms with E-state index in [0.717, 1.165) is 0 Å². The first-order chi connectivity index (χ1) is 14.0. The average molecular weight is 562 g/mol. The van der Waals surface area contributed by atoms with Crippen molar-refractivity contribution in [3.05, 3.63) is 43.8 Å². The summed E-state index contributed by atoms with van der Waals surface area (Å²) in [5, 5.41) is 22.4. The molecule has 2 aromatic carbocycles. The highest BCUT2D eigenvalue weighted by atomic mass is 79.9. The maximum Gasteiger partial charge on any atom is 0.319 e. The normalized spacial score (nSPS) is 14.9. The maximum atomic E-state index is 12.5. The van der Waals surface area contributed by atoms with Gasteiger partial charge < -0.3 is 20.3 Å². The predicted molar refractivity (Wildman–Crippen MR) is 122 cm³/mol. The van der Waals surface area contributed by atoms with E-state index in [1.165, 1.54) is 6.07 Å². The molecule has 9 heteroatoms. The third kappa shape index (κ3) is 4.31. The topological polar surface area (TPSA) is 95.9 Å². The minimum atomic E-state index is -1.36. The van der Waals surface area contributed by atoms with Gasteiger partial charge in [0.15, 0.2) is 5.75 Å². The molecule has 0 aromatic heterocycles. The molecule has 0 atom stereocenters. The number of anilines is 1. The van der Waals surface area contributed by atoms with Crippen LogP contribution in [-0.4, -0.2) is 22.1 Å². The third-order valence-corrected chi connectivity index (χ3v) is 6.68. The van der Waals surface area contributed by atoms with Crippen LogP contribution < -0.4 is 10.1 Å². The Kier molecular flexibility index (Phi) is 6.69. The smallest absolute Gasteiger partial charge is 0.319 e. The zero-order valence-corrected chi connectivity index (χ0v) is 20.2. The molecule has 3 N–H and O–H groups in total. The standard InChI is InChI=1S/C21H20Br2ClNO5/c1-10(2)13-8-12(9-16(24)17(13)26)30-18-14(22)6-11(7-15(18)23)25-19(27)21(20(28)29)4-3-5-21/h6-10,26H,3-5H2,1-2H3,(H,25,27)(H,28,29). The molecule has 30 heavy (non-hydrogen) atoms. The molecule has 6 nitrogen and oxygen atoms in total. The molecule has 0 saturated heterocycles. The number of ether oxygens (including phenoxy) is 1. The molecule has 0 spiro atoms. The average Bonchev–Trinajstić information content (AvgIpc) is 2.59. The summed E-state index contributed by atoms with van der Waals surface area (Å²) in [5.74, 6) is -0.669. The third-order valence-electron chi connectivity index (χ3n) is 5.22. The monoisotopic (exact) mass is 559 g/mol. The number of carboxylic acid groups (broad SMARTS) is 1. The van der Waals surface area contributed by atoms with E-state index in [4.69, 9.17) is 16.3 Å². The number of amides is 1. The van der Waals surface area contributed by atoms with E-state index in [0.29, 0.717) is 51.0 Å². The Labute approximate surface area is 195 Å². The molecule has 0 heterocycles. The van der Waals surface area contributed by atoms with Gasteiger partial charge in [0, 0.05) is 17.3 Å². The molecule has 1 saturated carbocycles. The number of carbonyl (C=O) groups is 2. The van der Waals surface area contributed by atoms with Crippen molar-refractivity contribution in [2.75, 3.05) is 5.32 Å². The number of aromatic hydroxyl groups is 1. The van der Waals surface area contributed by atoms with Crippen molar-refractivity contribution in [2.24, 2.45) is 5.41 Å². The van der Waals surface area contributed by atoms with Crippen molar-refractivity contribution in [2.45, 2.75) is 39.0 Å². The molecule has 0 radical (unpaired) electrons. The molecule has 3 rings (SSSR count). The van der Waals surface area contributed by atoms with Crippen LogP contribution >= 0.6 is 43.5 Å². The van der Waals surface area contributed by atoms with Crippen LogP contribution in [0.5, 0.6) is 17.2 Å². The fourth-order valence-electron chi connectivity index (χ4n) is 3.26. The number of rotatable bonds is 6. The zero-order chi connectivity index (χ0) is 22.2. The summed E-state index contributed by atoms with van der Waals surface area (Å²) in [6.07, 6.45) is 1.38. The molecule has 1 aliphatic rings. The fraction of sp³-hybridized carbons (Fsp3) is 0.333. The van der Waals surface area contributed by atoms with Crippen molar-refractivity contribution >= 4 is 61.0 Å². The minimum Gasteiger partial charge on any atom is -0.506 e. The lowest BCUT2D eigenvalue weighted by Gasteiger charge is -2.35. The molecule has 0 aliphatic heterocycles. The highest BCUT2D eigenvalue weighted by molar-refractivity contribution is 9.11. The van der Waals surface area contributed by atoms with Crippen molar-refractivity contribution in [1.29, 1.82) is 0 Å². The Bertz CT molecular complexity index is 998. The van der Waals surface area contributed by atoms with Crippen LogP contribution in [0.2, 0.25) is 5.02 Å². The van der Waals surface area contributed by atoms with Crippen LogP contribution in [0.1, 0.15) is 44.6 Å². The summed E-state index contributed by atoms with van der Waals surface area (Å²) in [5.41, 5.74) is -0.261. The van der Waals surface area contributed by atoms with Gasteiger partial charge in [0.05, 0.1) is 14.0 Å².